The van der Waals surface area contributed by atoms with Crippen LogP contribution in [-0.2, 0) is 0 Å². The van der Waals surface area contributed by atoms with Crippen molar-refractivity contribution in [2.24, 2.45) is 4.99 Å². The highest BCUT2D eigenvalue weighted by Crippen LogP contribution is 2.44. The van der Waals surface area contributed by atoms with Gasteiger partial charge in [-0.15, -0.1) is 0 Å². The van der Waals surface area contributed by atoms with Crippen molar-refractivity contribution in [1.29, 1.82) is 0 Å². The molecular formula is C46H32N4. The summed E-state index contributed by atoms with van der Waals surface area (Å²) in [4.78, 5) is 14.2. The Kier molecular flexibility index (Phi) is 7.52. The lowest BCUT2D eigenvalue weighted by Crippen LogP contribution is -2.24. The van der Waals surface area contributed by atoms with Crippen molar-refractivity contribution in [3.63, 3.8) is 0 Å². The number of hydrogen-bond acceptors (Lipinski definition) is 4. The second kappa shape index (κ2) is 12.8. The van der Waals surface area contributed by atoms with Gasteiger partial charge in [-0.2, -0.15) is 0 Å². The van der Waals surface area contributed by atoms with Gasteiger partial charge in [0.1, 0.15) is 6.17 Å². The standard InChI is InChI=1S/C46H32N4/c1-2-12-31(13-3-1)42-28-43(33-15-8-14-32(26-33)36-18-10-24-47-29-36)50-46(49-42)35-17-9-16-34(27-35)44-38-20-4-6-22-40(38)45(37-19-11-25-48-30-37)41-23-7-5-21-39(41)44/h1-30,46,49H. The lowest BCUT2D eigenvalue weighted by Gasteiger charge is -2.25. The topological polar surface area (TPSA) is 50.2 Å². The Bertz CT molecular complexity index is 2500. The van der Waals surface area contributed by atoms with Gasteiger partial charge in [0.25, 0.3) is 0 Å². The summed E-state index contributed by atoms with van der Waals surface area (Å²) in [5.41, 5.74) is 12.1. The van der Waals surface area contributed by atoms with Crippen LogP contribution >= 0.6 is 0 Å². The highest BCUT2D eigenvalue weighted by Gasteiger charge is 2.22. The van der Waals surface area contributed by atoms with E-state index >= 15 is 0 Å². The Hall–Kier alpha value is -6.65. The quantitative estimate of drug-likeness (QED) is 0.184. The van der Waals surface area contributed by atoms with Gasteiger partial charge in [-0.3, -0.25) is 15.0 Å². The van der Waals surface area contributed by atoms with Gasteiger partial charge < -0.3 is 5.32 Å². The maximum Gasteiger partial charge on any atom is 0.145 e. The van der Waals surface area contributed by atoms with Crippen LogP contribution in [0.3, 0.4) is 0 Å². The molecule has 0 spiro atoms. The molecule has 0 fully saturated rings. The van der Waals surface area contributed by atoms with E-state index in [0.29, 0.717) is 0 Å². The summed E-state index contributed by atoms with van der Waals surface area (Å²) in [6, 6.07) is 53.6. The molecule has 4 heteroatoms. The summed E-state index contributed by atoms with van der Waals surface area (Å²) in [6.45, 7) is 0. The third-order valence-corrected chi connectivity index (χ3v) is 9.45. The number of aliphatic imine (C=N–C) groups is 1. The summed E-state index contributed by atoms with van der Waals surface area (Å²) in [5.74, 6) is 0. The predicted molar refractivity (Wildman–Crippen MR) is 207 cm³/mol. The average Bonchev–Trinajstić information content (AvgIpc) is 3.21. The van der Waals surface area contributed by atoms with Crippen molar-refractivity contribution < 1.29 is 0 Å². The fraction of sp³-hybridized carbons (Fsp3) is 0.0217. The normalized spacial score (nSPS) is 14.2. The SMILES string of the molecule is C1=C(c2ccccc2)NC(c2cccc(-c3c4ccccc4c(-c4cccnc4)c4ccccc34)c2)N=C1c1cccc(-c2cccnc2)c1. The number of aromatic nitrogens is 2. The van der Waals surface area contributed by atoms with Gasteiger partial charge in [0.05, 0.1) is 5.71 Å². The fourth-order valence-electron chi connectivity index (χ4n) is 7.15. The molecule has 0 bridgehead atoms. The van der Waals surface area contributed by atoms with Crippen LogP contribution in [0, 0.1) is 0 Å². The van der Waals surface area contributed by atoms with E-state index in [0.717, 1.165) is 50.4 Å². The van der Waals surface area contributed by atoms with Crippen LogP contribution in [0.25, 0.3) is 60.6 Å². The monoisotopic (exact) mass is 640 g/mol. The van der Waals surface area contributed by atoms with E-state index in [1.54, 1.807) is 6.20 Å². The van der Waals surface area contributed by atoms with Gasteiger partial charge in [0.15, 0.2) is 0 Å². The molecular weight excluding hydrogens is 609 g/mol. The van der Waals surface area contributed by atoms with Gasteiger partial charge in [0.2, 0.25) is 0 Å². The molecule has 8 aromatic rings. The van der Waals surface area contributed by atoms with E-state index in [2.05, 4.69) is 161 Å². The molecule has 0 aliphatic carbocycles. The zero-order valence-corrected chi connectivity index (χ0v) is 27.2. The molecule has 0 saturated heterocycles. The Morgan fingerprint density at radius 2 is 0.960 bits per heavy atom. The number of pyridine rings is 2. The number of rotatable bonds is 6. The first-order valence-corrected chi connectivity index (χ1v) is 16.9. The molecule has 1 N–H and O–H groups in total. The molecule has 1 atom stereocenters. The maximum absolute atomic E-state index is 5.35. The van der Waals surface area contributed by atoms with Crippen LogP contribution < -0.4 is 5.32 Å². The van der Waals surface area contributed by atoms with Gasteiger partial charge in [-0.05, 0) is 85.3 Å². The highest BCUT2D eigenvalue weighted by atomic mass is 15.1. The molecule has 4 nitrogen and oxygen atoms in total. The molecule has 0 amide bonds. The minimum atomic E-state index is -0.292. The summed E-state index contributed by atoms with van der Waals surface area (Å²) in [6.07, 6.45) is 9.37. The number of nitrogens with zero attached hydrogens (tertiary/aromatic N) is 3. The third kappa shape index (κ3) is 5.43. The molecule has 9 rings (SSSR count). The van der Waals surface area contributed by atoms with Crippen molar-refractivity contribution in [3.8, 4) is 33.4 Å². The molecule has 1 aliphatic rings. The van der Waals surface area contributed by atoms with E-state index in [1.165, 1.54) is 32.7 Å². The van der Waals surface area contributed by atoms with Crippen molar-refractivity contribution >= 4 is 33.0 Å². The predicted octanol–water partition coefficient (Wildman–Crippen LogP) is 10.9. The molecule has 0 saturated carbocycles. The van der Waals surface area contributed by atoms with Crippen molar-refractivity contribution in [2.45, 2.75) is 6.17 Å². The first-order chi connectivity index (χ1) is 24.8. The molecule has 1 aliphatic heterocycles. The lowest BCUT2D eigenvalue weighted by atomic mass is 9.86. The minimum Gasteiger partial charge on any atom is -0.360 e. The van der Waals surface area contributed by atoms with Crippen molar-refractivity contribution in [1.82, 2.24) is 15.3 Å². The lowest BCUT2D eigenvalue weighted by molar-refractivity contribution is 0.664. The number of benzene rings is 6. The first-order valence-electron chi connectivity index (χ1n) is 16.9. The zero-order chi connectivity index (χ0) is 33.3. The third-order valence-electron chi connectivity index (χ3n) is 9.45. The van der Waals surface area contributed by atoms with E-state index in [9.17, 15) is 0 Å². The smallest absolute Gasteiger partial charge is 0.145 e. The number of allylic oxidation sites excluding steroid dienone is 1. The van der Waals surface area contributed by atoms with E-state index in [4.69, 9.17) is 4.99 Å². The summed E-state index contributed by atoms with van der Waals surface area (Å²) < 4.78 is 0. The molecule has 1 unspecified atom stereocenters. The second-order valence-electron chi connectivity index (χ2n) is 12.5. The van der Waals surface area contributed by atoms with Crippen LogP contribution in [0.4, 0.5) is 0 Å². The zero-order valence-electron chi connectivity index (χ0n) is 27.2. The van der Waals surface area contributed by atoms with Gasteiger partial charge in [-0.25, -0.2) is 0 Å². The van der Waals surface area contributed by atoms with E-state index in [1.807, 2.05) is 30.7 Å². The Morgan fingerprint density at radius 3 is 1.62 bits per heavy atom. The first kappa shape index (κ1) is 29.5. The van der Waals surface area contributed by atoms with Gasteiger partial charge in [-0.1, -0.05) is 127 Å². The molecule has 236 valence electrons. The van der Waals surface area contributed by atoms with Crippen LogP contribution in [0.15, 0.2) is 188 Å². The second-order valence-corrected chi connectivity index (χ2v) is 12.5. The van der Waals surface area contributed by atoms with Crippen LogP contribution in [0.1, 0.15) is 22.9 Å². The van der Waals surface area contributed by atoms with E-state index in [-0.39, 0.29) is 6.17 Å². The van der Waals surface area contributed by atoms with Gasteiger partial charge in [0, 0.05) is 47.2 Å². The van der Waals surface area contributed by atoms with E-state index < -0.39 is 0 Å². The highest BCUT2D eigenvalue weighted by molar-refractivity contribution is 6.21. The van der Waals surface area contributed by atoms with Crippen molar-refractivity contribution in [3.05, 3.63) is 199 Å². The number of hydrogen-bond donors (Lipinski definition) is 1. The molecule has 0 radical (unpaired) electrons. The van der Waals surface area contributed by atoms with Crippen LogP contribution in [0.5, 0.6) is 0 Å². The number of fused-ring (bicyclic) bond motifs is 2. The molecule has 6 aromatic carbocycles. The maximum atomic E-state index is 5.35. The van der Waals surface area contributed by atoms with Crippen LogP contribution in [-0.4, -0.2) is 15.7 Å². The summed E-state index contributed by atoms with van der Waals surface area (Å²) in [7, 11) is 0. The largest absolute Gasteiger partial charge is 0.360 e. The minimum absolute atomic E-state index is 0.292. The Morgan fingerprint density at radius 1 is 0.420 bits per heavy atom. The van der Waals surface area contributed by atoms with Crippen molar-refractivity contribution in [2.75, 3.05) is 0 Å². The fourth-order valence-corrected chi connectivity index (χ4v) is 7.15. The van der Waals surface area contributed by atoms with Crippen LogP contribution in [0.2, 0.25) is 0 Å². The Labute approximate surface area is 291 Å². The molecule has 50 heavy (non-hydrogen) atoms. The average molecular weight is 641 g/mol. The molecule has 3 heterocycles. The molecule has 2 aromatic heterocycles. The summed E-state index contributed by atoms with van der Waals surface area (Å²) >= 11 is 0. The Balaban J connectivity index is 1.20. The summed E-state index contributed by atoms with van der Waals surface area (Å²) in [5, 5.41) is 8.60. The van der Waals surface area contributed by atoms with Gasteiger partial charge >= 0.3 is 0 Å². The number of nitrogens with one attached hydrogen (secondary N) is 1.